The zero-order chi connectivity index (χ0) is 13.9. The molecule has 1 rings (SSSR count). The molecule has 1 amide bonds. The molecule has 0 aliphatic rings. The van der Waals surface area contributed by atoms with Gasteiger partial charge in [0.05, 0.1) is 23.0 Å². The van der Waals surface area contributed by atoms with Crippen LogP contribution in [-0.4, -0.2) is 25.9 Å². The summed E-state index contributed by atoms with van der Waals surface area (Å²) < 4.78 is 24.4. The molecule has 1 unspecified atom stereocenters. The first kappa shape index (κ1) is 14.6. The molecular weight excluding hydrogens is 280 g/mol. The molecule has 0 saturated carbocycles. The van der Waals surface area contributed by atoms with Crippen LogP contribution in [0.1, 0.15) is 18.5 Å². The second kappa shape index (κ2) is 5.45. The fraction of sp³-hybridized carbons (Fsp3) is 0.300. The van der Waals surface area contributed by atoms with Gasteiger partial charge in [-0.1, -0.05) is 17.7 Å². The highest BCUT2D eigenvalue weighted by Crippen LogP contribution is 2.26. The lowest BCUT2D eigenvalue weighted by Gasteiger charge is -2.14. The van der Waals surface area contributed by atoms with Crippen LogP contribution in [0, 0.1) is 0 Å². The zero-order valence-electron chi connectivity index (χ0n) is 9.77. The molecule has 100 valence electrons. The molecule has 0 aliphatic heterocycles. The normalized spacial score (nSPS) is 12.8. The maximum Gasteiger partial charge on any atom is 0.405 e. The van der Waals surface area contributed by atoms with Gasteiger partial charge in [-0.2, -0.15) is 0 Å². The number of halogens is 1. The van der Waals surface area contributed by atoms with E-state index in [1.165, 1.54) is 12.1 Å². The summed E-state index contributed by atoms with van der Waals surface area (Å²) >= 11 is 5.91. The quantitative estimate of drug-likeness (QED) is 0.791. The monoisotopic (exact) mass is 292 g/mol. The summed E-state index contributed by atoms with van der Waals surface area (Å²) in [6.45, 7) is 1.66. The van der Waals surface area contributed by atoms with E-state index in [9.17, 15) is 13.2 Å². The van der Waals surface area contributed by atoms with Crippen LogP contribution in [0.25, 0.3) is 0 Å². The fourth-order valence-corrected chi connectivity index (χ4v) is 2.22. The second-order valence-electron chi connectivity index (χ2n) is 3.78. The third-order valence-corrected chi connectivity index (χ3v) is 3.03. The number of carbonyl (C=O) groups is 1. The highest BCUT2D eigenvalue weighted by molar-refractivity contribution is 7.92. The Hall–Kier alpha value is -1.47. The molecule has 8 heteroatoms. The number of amides is 1. The van der Waals surface area contributed by atoms with Crippen molar-refractivity contribution < 1.29 is 18.3 Å². The van der Waals surface area contributed by atoms with E-state index in [1.54, 1.807) is 13.0 Å². The van der Waals surface area contributed by atoms with Gasteiger partial charge < -0.3 is 10.4 Å². The third kappa shape index (κ3) is 4.42. The van der Waals surface area contributed by atoms with E-state index >= 15 is 0 Å². The number of rotatable bonds is 4. The Kier molecular flexibility index (Phi) is 4.42. The number of hydrogen-bond acceptors (Lipinski definition) is 3. The Bertz CT molecular complexity index is 559. The van der Waals surface area contributed by atoms with Crippen LogP contribution in [0.3, 0.4) is 0 Å². The Morgan fingerprint density at radius 1 is 1.44 bits per heavy atom. The molecule has 1 aromatic carbocycles. The van der Waals surface area contributed by atoms with Crippen LogP contribution >= 0.6 is 11.6 Å². The lowest BCUT2D eigenvalue weighted by molar-refractivity contribution is 0.191. The van der Waals surface area contributed by atoms with Crippen molar-refractivity contribution in [3.8, 4) is 0 Å². The summed E-state index contributed by atoms with van der Waals surface area (Å²) in [4.78, 5) is 10.5. The topological polar surface area (TPSA) is 95.5 Å². The molecule has 0 aliphatic carbocycles. The molecule has 0 spiro atoms. The van der Waals surface area contributed by atoms with Crippen molar-refractivity contribution >= 4 is 33.4 Å². The van der Waals surface area contributed by atoms with Gasteiger partial charge in [-0.05, 0) is 24.6 Å². The molecule has 0 radical (unpaired) electrons. The van der Waals surface area contributed by atoms with E-state index in [0.717, 1.165) is 6.26 Å². The van der Waals surface area contributed by atoms with Crippen LogP contribution < -0.4 is 10.0 Å². The largest absolute Gasteiger partial charge is 0.465 e. The smallest absolute Gasteiger partial charge is 0.405 e. The molecule has 1 atom stereocenters. The molecule has 0 aromatic heterocycles. The summed E-state index contributed by atoms with van der Waals surface area (Å²) in [5.74, 6) is 0. The molecular formula is C10H13ClN2O4S. The summed E-state index contributed by atoms with van der Waals surface area (Å²) in [6, 6.07) is 4.15. The van der Waals surface area contributed by atoms with Gasteiger partial charge in [0.15, 0.2) is 0 Å². The van der Waals surface area contributed by atoms with E-state index in [4.69, 9.17) is 16.7 Å². The van der Waals surface area contributed by atoms with E-state index in [-0.39, 0.29) is 10.7 Å². The summed E-state index contributed by atoms with van der Waals surface area (Å²) in [5, 5.41) is 11.1. The molecule has 1 aromatic rings. The zero-order valence-corrected chi connectivity index (χ0v) is 11.3. The summed E-state index contributed by atoms with van der Waals surface area (Å²) in [5.41, 5.74) is 0.895. The van der Waals surface area contributed by atoms with E-state index in [1.807, 2.05) is 0 Å². The summed E-state index contributed by atoms with van der Waals surface area (Å²) in [6.07, 6.45) is -0.122. The SMILES string of the molecule is CC(NC(=O)O)c1ccc(NS(C)(=O)=O)c(Cl)c1. The van der Waals surface area contributed by atoms with Gasteiger partial charge in [-0.25, -0.2) is 13.2 Å². The number of carboxylic acid groups (broad SMARTS) is 1. The van der Waals surface area contributed by atoms with E-state index < -0.39 is 22.2 Å². The van der Waals surface area contributed by atoms with Crippen LogP contribution in [0.2, 0.25) is 5.02 Å². The number of sulfonamides is 1. The lowest BCUT2D eigenvalue weighted by Crippen LogP contribution is -2.24. The third-order valence-electron chi connectivity index (χ3n) is 2.13. The Morgan fingerprint density at radius 3 is 2.50 bits per heavy atom. The fourth-order valence-electron chi connectivity index (χ4n) is 1.35. The Labute approximate surface area is 110 Å². The van der Waals surface area contributed by atoms with E-state index in [2.05, 4.69) is 10.0 Å². The summed E-state index contributed by atoms with van der Waals surface area (Å²) in [7, 11) is -3.40. The lowest BCUT2D eigenvalue weighted by atomic mass is 10.1. The maximum absolute atomic E-state index is 11.1. The molecule has 0 bridgehead atoms. The molecule has 6 nitrogen and oxygen atoms in total. The minimum atomic E-state index is -3.40. The van der Waals surface area contributed by atoms with E-state index in [0.29, 0.717) is 5.56 Å². The average Bonchev–Trinajstić information content (AvgIpc) is 2.18. The first-order valence-electron chi connectivity index (χ1n) is 4.96. The number of anilines is 1. The highest BCUT2D eigenvalue weighted by Gasteiger charge is 2.11. The van der Waals surface area contributed by atoms with Crippen molar-refractivity contribution in [2.24, 2.45) is 0 Å². The minimum Gasteiger partial charge on any atom is -0.465 e. The average molecular weight is 293 g/mol. The highest BCUT2D eigenvalue weighted by atomic mass is 35.5. The number of benzene rings is 1. The van der Waals surface area contributed by atoms with Crippen molar-refractivity contribution in [1.82, 2.24) is 5.32 Å². The molecule has 0 saturated heterocycles. The standard InChI is InChI=1S/C10H13ClN2O4S/c1-6(12-10(14)15)7-3-4-9(8(11)5-7)13-18(2,16)17/h3-6,12-13H,1-2H3,(H,14,15). The van der Waals surface area contributed by atoms with Crippen molar-refractivity contribution in [1.29, 1.82) is 0 Å². The van der Waals surface area contributed by atoms with Crippen LogP contribution in [-0.2, 0) is 10.0 Å². The van der Waals surface area contributed by atoms with Crippen molar-refractivity contribution in [2.45, 2.75) is 13.0 Å². The predicted octanol–water partition coefficient (Wildman–Crippen LogP) is 2.04. The second-order valence-corrected chi connectivity index (χ2v) is 5.94. The van der Waals surface area contributed by atoms with Crippen molar-refractivity contribution in [3.05, 3.63) is 28.8 Å². The van der Waals surface area contributed by atoms with Gasteiger partial charge in [0.1, 0.15) is 0 Å². The predicted molar refractivity (Wildman–Crippen MR) is 69.5 cm³/mol. The Morgan fingerprint density at radius 2 is 2.06 bits per heavy atom. The first-order valence-corrected chi connectivity index (χ1v) is 7.22. The van der Waals surface area contributed by atoms with Crippen LogP contribution in [0.4, 0.5) is 10.5 Å². The maximum atomic E-state index is 11.1. The molecule has 0 heterocycles. The van der Waals surface area contributed by atoms with Gasteiger partial charge in [-0.15, -0.1) is 0 Å². The van der Waals surface area contributed by atoms with Crippen LogP contribution in [0.5, 0.6) is 0 Å². The van der Waals surface area contributed by atoms with Gasteiger partial charge in [-0.3, -0.25) is 4.72 Å². The molecule has 18 heavy (non-hydrogen) atoms. The van der Waals surface area contributed by atoms with Crippen molar-refractivity contribution in [2.75, 3.05) is 11.0 Å². The van der Waals surface area contributed by atoms with Gasteiger partial charge in [0, 0.05) is 0 Å². The first-order chi connectivity index (χ1) is 8.19. The number of hydrogen-bond donors (Lipinski definition) is 3. The van der Waals surface area contributed by atoms with Gasteiger partial charge in [0.25, 0.3) is 0 Å². The minimum absolute atomic E-state index is 0.206. The molecule has 0 fully saturated rings. The van der Waals surface area contributed by atoms with Gasteiger partial charge >= 0.3 is 6.09 Å². The number of nitrogens with one attached hydrogen (secondary N) is 2. The van der Waals surface area contributed by atoms with Crippen LogP contribution in [0.15, 0.2) is 18.2 Å². The molecule has 3 N–H and O–H groups in total. The Balaban J connectivity index is 2.95. The van der Waals surface area contributed by atoms with Gasteiger partial charge in [0.2, 0.25) is 10.0 Å². The van der Waals surface area contributed by atoms with Crippen molar-refractivity contribution in [3.63, 3.8) is 0 Å².